The van der Waals surface area contributed by atoms with Gasteiger partial charge in [0.1, 0.15) is 6.54 Å². The average molecular weight is 273 g/mol. The average Bonchev–Trinajstić information content (AvgIpc) is 3.19. The van der Waals surface area contributed by atoms with Gasteiger partial charge in [-0.1, -0.05) is 0 Å². The Bertz CT molecular complexity index is 501. The molecule has 0 spiro atoms. The Kier molecular flexibility index (Phi) is 2.79. The maximum atomic E-state index is 12.6. The monoisotopic (exact) mass is 273 g/mol. The molecule has 0 aromatic carbocycles. The number of carbonyl (C=O) groups is 1. The lowest BCUT2D eigenvalue weighted by Crippen LogP contribution is -2.30. The van der Waals surface area contributed by atoms with Gasteiger partial charge in [0.05, 0.1) is 0 Å². The van der Waals surface area contributed by atoms with E-state index >= 15 is 0 Å². The van der Waals surface area contributed by atoms with E-state index in [-0.39, 0.29) is 24.4 Å². The van der Waals surface area contributed by atoms with Crippen LogP contribution in [0, 0.1) is 0 Å². The summed E-state index contributed by atoms with van der Waals surface area (Å²) in [7, 11) is 0. The van der Waals surface area contributed by atoms with Crippen molar-refractivity contribution in [2.75, 3.05) is 0 Å². The minimum atomic E-state index is -4.46. The fourth-order valence-corrected chi connectivity index (χ4v) is 2.04. The molecule has 2 fully saturated rings. The Labute approximate surface area is 108 Å². The fraction of sp³-hybridized carbons (Fsp3) is 0.667. The smallest absolute Gasteiger partial charge is 0.352 e. The molecule has 0 saturated heterocycles. The molecular formula is C12H14F3N3O. The first kappa shape index (κ1) is 12.5. The topological polar surface area (TPSA) is 46.9 Å². The van der Waals surface area contributed by atoms with Crippen LogP contribution in [0.4, 0.5) is 13.2 Å². The van der Waals surface area contributed by atoms with Gasteiger partial charge in [0.15, 0.2) is 5.69 Å². The van der Waals surface area contributed by atoms with Crippen LogP contribution in [-0.2, 0) is 17.5 Å². The summed E-state index contributed by atoms with van der Waals surface area (Å²) in [5.74, 6) is -0.140. The molecule has 7 heteroatoms. The van der Waals surface area contributed by atoms with E-state index in [1.165, 1.54) is 4.68 Å². The van der Waals surface area contributed by atoms with E-state index in [2.05, 4.69) is 10.4 Å². The number of amides is 1. The number of rotatable bonds is 4. The number of alkyl halides is 3. The van der Waals surface area contributed by atoms with Gasteiger partial charge in [0.25, 0.3) is 0 Å². The number of halogens is 3. The molecule has 4 nitrogen and oxygen atoms in total. The van der Waals surface area contributed by atoms with Crippen molar-refractivity contribution in [1.82, 2.24) is 15.1 Å². The summed E-state index contributed by atoms with van der Waals surface area (Å²) >= 11 is 0. The van der Waals surface area contributed by atoms with Crippen LogP contribution in [0.5, 0.6) is 0 Å². The normalized spacial score (nSPS) is 19.5. The number of nitrogens with zero attached hydrogens (tertiary/aromatic N) is 2. The molecule has 1 aromatic heterocycles. The lowest BCUT2D eigenvalue weighted by atomic mass is 10.2. The molecule has 19 heavy (non-hydrogen) atoms. The van der Waals surface area contributed by atoms with Gasteiger partial charge in [0, 0.05) is 17.7 Å². The molecule has 2 aliphatic rings. The SMILES string of the molecule is O=C(Cn1nc(C(F)(F)F)cc1C1CC1)NC1CC1. The number of hydrogen-bond donors (Lipinski definition) is 1. The molecule has 1 N–H and O–H groups in total. The zero-order valence-corrected chi connectivity index (χ0v) is 10.2. The summed E-state index contributed by atoms with van der Waals surface area (Å²) in [5.41, 5.74) is -0.383. The highest BCUT2D eigenvalue weighted by Crippen LogP contribution is 2.42. The Hall–Kier alpha value is -1.53. The van der Waals surface area contributed by atoms with Gasteiger partial charge >= 0.3 is 6.18 Å². The predicted octanol–water partition coefficient (Wildman–Crippen LogP) is 2.06. The largest absolute Gasteiger partial charge is 0.435 e. The Morgan fingerprint density at radius 3 is 2.58 bits per heavy atom. The minimum absolute atomic E-state index is 0.123. The Morgan fingerprint density at radius 1 is 1.37 bits per heavy atom. The van der Waals surface area contributed by atoms with Crippen molar-refractivity contribution in [1.29, 1.82) is 0 Å². The third-order valence-electron chi connectivity index (χ3n) is 3.33. The molecule has 1 aromatic rings. The molecule has 0 unspecified atom stereocenters. The molecular weight excluding hydrogens is 259 g/mol. The summed E-state index contributed by atoms with van der Waals surface area (Å²) < 4.78 is 39.1. The van der Waals surface area contributed by atoms with Gasteiger partial charge in [-0.05, 0) is 31.7 Å². The predicted molar refractivity (Wildman–Crippen MR) is 60.4 cm³/mol. The van der Waals surface area contributed by atoms with E-state index in [0.717, 1.165) is 31.7 Å². The van der Waals surface area contributed by atoms with Gasteiger partial charge in [0.2, 0.25) is 5.91 Å². The summed E-state index contributed by atoms with van der Waals surface area (Å²) in [4.78, 5) is 11.7. The van der Waals surface area contributed by atoms with Crippen LogP contribution in [0.2, 0.25) is 0 Å². The van der Waals surface area contributed by atoms with Crippen LogP contribution in [0.3, 0.4) is 0 Å². The maximum absolute atomic E-state index is 12.6. The lowest BCUT2D eigenvalue weighted by Gasteiger charge is -2.07. The van der Waals surface area contributed by atoms with E-state index in [9.17, 15) is 18.0 Å². The van der Waals surface area contributed by atoms with E-state index in [1.807, 2.05) is 0 Å². The summed E-state index contributed by atoms with van der Waals surface area (Å²) in [6.07, 6.45) is -0.815. The van der Waals surface area contributed by atoms with Crippen molar-refractivity contribution in [3.05, 3.63) is 17.5 Å². The molecule has 1 heterocycles. The van der Waals surface area contributed by atoms with Crippen molar-refractivity contribution in [3.63, 3.8) is 0 Å². The van der Waals surface area contributed by atoms with Crippen molar-refractivity contribution >= 4 is 5.91 Å². The second-order valence-electron chi connectivity index (χ2n) is 5.23. The molecule has 2 saturated carbocycles. The van der Waals surface area contributed by atoms with Crippen LogP contribution in [-0.4, -0.2) is 21.7 Å². The molecule has 0 aliphatic heterocycles. The lowest BCUT2D eigenvalue weighted by molar-refractivity contribution is -0.141. The molecule has 3 rings (SSSR count). The molecule has 0 bridgehead atoms. The Morgan fingerprint density at radius 2 is 2.05 bits per heavy atom. The zero-order valence-electron chi connectivity index (χ0n) is 10.2. The highest BCUT2D eigenvalue weighted by Gasteiger charge is 2.38. The standard InChI is InChI=1S/C12H14F3N3O/c13-12(14,15)10-5-9(7-1-2-7)18(17-10)6-11(19)16-8-3-4-8/h5,7-8H,1-4,6H2,(H,16,19). The summed E-state index contributed by atoms with van der Waals surface area (Å²) in [6.45, 7) is -0.127. The quantitative estimate of drug-likeness (QED) is 0.912. The third-order valence-corrected chi connectivity index (χ3v) is 3.33. The Balaban J connectivity index is 1.77. The van der Waals surface area contributed by atoms with Crippen LogP contribution < -0.4 is 5.32 Å². The van der Waals surface area contributed by atoms with Gasteiger partial charge in [-0.25, -0.2) is 0 Å². The third kappa shape index (κ3) is 2.90. The van der Waals surface area contributed by atoms with Gasteiger partial charge < -0.3 is 5.32 Å². The van der Waals surface area contributed by atoms with Crippen molar-refractivity contribution in [2.24, 2.45) is 0 Å². The number of nitrogens with one attached hydrogen (secondary N) is 1. The van der Waals surface area contributed by atoms with Crippen LogP contribution in [0.1, 0.15) is 43.0 Å². The number of hydrogen-bond acceptors (Lipinski definition) is 2. The fourth-order valence-electron chi connectivity index (χ4n) is 2.04. The highest BCUT2D eigenvalue weighted by molar-refractivity contribution is 5.76. The van der Waals surface area contributed by atoms with E-state index < -0.39 is 11.9 Å². The second kappa shape index (κ2) is 4.25. The molecule has 0 radical (unpaired) electrons. The van der Waals surface area contributed by atoms with E-state index in [0.29, 0.717) is 5.69 Å². The molecule has 2 aliphatic carbocycles. The highest BCUT2D eigenvalue weighted by atomic mass is 19.4. The van der Waals surface area contributed by atoms with Gasteiger partial charge in [-0.15, -0.1) is 0 Å². The van der Waals surface area contributed by atoms with Crippen LogP contribution in [0.15, 0.2) is 6.07 Å². The first-order chi connectivity index (χ1) is 8.93. The first-order valence-electron chi connectivity index (χ1n) is 6.38. The van der Waals surface area contributed by atoms with Crippen molar-refractivity contribution < 1.29 is 18.0 Å². The minimum Gasteiger partial charge on any atom is -0.352 e. The maximum Gasteiger partial charge on any atom is 0.435 e. The second-order valence-corrected chi connectivity index (χ2v) is 5.23. The number of aromatic nitrogens is 2. The van der Waals surface area contributed by atoms with E-state index in [1.54, 1.807) is 0 Å². The zero-order chi connectivity index (χ0) is 13.6. The van der Waals surface area contributed by atoms with Crippen molar-refractivity contribution in [3.8, 4) is 0 Å². The first-order valence-corrected chi connectivity index (χ1v) is 6.38. The number of carbonyl (C=O) groups excluding carboxylic acids is 1. The van der Waals surface area contributed by atoms with Crippen LogP contribution >= 0.6 is 0 Å². The van der Waals surface area contributed by atoms with Crippen LogP contribution in [0.25, 0.3) is 0 Å². The van der Waals surface area contributed by atoms with Gasteiger partial charge in [-0.3, -0.25) is 9.48 Å². The van der Waals surface area contributed by atoms with E-state index in [4.69, 9.17) is 0 Å². The molecule has 0 atom stereocenters. The van der Waals surface area contributed by atoms with Gasteiger partial charge in [-0.2, -0.15) is 18.3 Å². The molecule has 104 valence electrons. The summed E-state index contributed by atoms with van der Waals surface area (Å²) in [6, 6.07) is 1.27. The molecule has 1 amide bonds. The summed E-state index contributed by atoms with van der Waals surface area (Å²) in [5, 5.41) is 6.30. The van der Waals surface area contributed by atoms with Crippen molar-refractivity contribution in [2.45, 2.75) is 50.4 Å².